The Morgan fingerprint density at radius 2 is 2.06 bits per heavy atom. The molecule has 1 aromatic heterocycles. The van der Waals surface area contributed by atoms with E-state index in [-0.39, 0.29) is 5.41 Å². The van der Waals surface area contributed by atoms with Crippen LogP contribution in [0.15, 0.2) is 18.2 Å². The molecule has 1 aromatic carbocycles. The van der Waals surface area contributed by atoms with E-state index in [2.05, 4.69) is 45.9 Å². The molecule has 0 aliphatic heterocycles. The summed E-state index contributed by atoms with van der Waals surface area (Å²) < 4.78 is 1.28. The van der Waals surface area contributed by atoms with Gasteiger partial charge in [-0.2, -0.15) is 0 Å². The average Bonchev–Trinajstić information content (AvgIpc) is 2.70. The summed E-state index contributed by atoms with van der Waals surface area (Å²) in [6, 6.07) is 6.36. The summed E-state index contributed by atoms with van der Waals surface area (Å²) in [4.78, 5) is 4.81. The second-order valence-electron chi connectivity index (χ2n) is 6.17. The SMILES string of the molecule is Cc1cccc2sc(C(CN)CC(C)(C)C)nc12. The average molecular weight is 262 g/mol. The lowest BCUT2D eigenvalue weighted by molar-refractivity contribution is 0.341. The van der Waals surface area contributed by atoms with Gasteiger partial charge in [-0.3, -0.25) is 0 Å². The zero-order chi connectivity index (χ0) is 13.3. The number of fused-ring (bicyclic) bond motifs is 1. The molecule has 3 heteroatoms. The number of hydrogen-bond acceptors (Lipinski definition) is 3. The molecule has 2 N–H and O–H groups in total. The van der Waals surface area contributed by atoms with Crippen LogP contribution in [0.25, 0.3) is 10.2 Å². The zero-order valence-electron chi connectivity index (χ0n) is 11.7. The van der Waals surface area contributed by atoms with Crippen LogP contribution in [0, 0.1) is 12.3 Å². The molecule has 2 rings (SSSR count). The molecule has 0 amide bonds. The van der Waals surface area contributed by atoms with E-state index in [9.17, 15) is 0 Å². The van der Waals surface area contributed by atoms with Crippen molar-refractivity contribution >= 4 is 21.6 Å². The van der Waals surface area contributed by atoms with E-state index in [0.29, 0.717) is 12.5 Å². The second kappa shape index (κ2) is 4.98. The van der Waals surface area contributed by atoms with E-state index in [0.717, 1.165) is 11.9 Å². The van der Waals surface area contributed by atoms with E-state index >= 15 is 0 Å². The zero-order valence-corrected chi connectivity index (χ0v) is 12.5. The second-order valence-corrected chi connectivity index (χ2v) is 7.23. The van der Waals surface area contributed by atoms with Gasteiger partial charge >= 0.3 is 0 Å². The van der Waals surface area contributed by atoms with Gasteiger partial charge in [-0.25, -0.2) is 4.98 Å². The summed E-state index contributed by atoms with van der Waals surface area (Å²) in [7, 11) is 0. The number of nitrogens with zero attached hydrogens (tertiary/aromatic N) is 1. The lowest BCUT2D eigenvalue weighted by Gasteiger charge is -2.23. The smallest absolute Gasteiger partial charge is 0.0982 e. The molecule has 0 fully saturated rings. The maximum absolute atomic E-state index is 5.94. The van der Waals surface area contributed by atoms with Gasteiger partial charge in [-0.15, -0.1) is 11.3 Å². The monoisotopic (exact) mass is 262 g/mol. The Kier molecular flexibility index (Phi) is 3.74. The van der Waals surface area contributed by atoms with Crippen molar-refractivity contribution in [3.05, 3.63) is 28.8 Å². The van der Waals surface area contributed by atoms with Crippen LogP contribution in [0.1, 0.15) is 43.7 Å². The first kappa shape index (κ1) is 13.5. The molecule has 0 radical (unpaired) electrons. The molecule has 1 heterocycles. The highest BCUT2D eigenvalue weighted by atomic mass is 32.1. The van der Waals surface area contributed by atoms with Crippen LogP contribution in [0.5, 0.6) is 0 Å². The van der Waals surface area contributed by atoms with Gasteiger partial charge in [-0.05, 0) is 30.4 Å². The summed E-state index contributed by atoms with van der Waals surface area (Å²) in [5.41, 5.74) is 8.62. The molecular formula is C15H22N2S. The van der Waals surface area contributed by atoms with E-state index in [4.69, 9.17) is 10.7 Å². The third-order valence-electron chi connectivity index (χ3n) is 3.13. The topological polar surface area (TPSA) is 38.9 Å². The number of aromatic nitrogens is 1. The number of rotatable bonds is 3. The molecule has 2 nitrogen and oxygen atoms in total. The Morgan fingerprint density at radius 1 is 1.33 bits per heavy atom. The van der Waals surface area contributed by atoms with Crippen molar-refractivity contribution in [3.8, 4) is 0 Å². The van der Waals surface area contributed by atoms with Crippen molar-refractivity contribution in [2.75, 3.05) is 6.54 Å². The van der Waals surface area contributed by atoms with Crippen LogP contribution in [-0.4, -0.2) is 11.5 Å². The fourth-order valence-corrected chi connectivity index (χ4v) is 3.45. The van der Waals surface area contributed by atoms with Gasteiger partial charge in [0.1, 0.15) is 0 Å². The quantitative estimate of drug-likeness (QED) is 0.905. The van der Waals surface area contributed by atoms with E-state index < -0.39 is 0 Å². The molecule has 1 atom stereocenters. The summed E-state index contributed by atoms with van der Waals surface area (Å²) in [6.45, 7) is 9.57. The molecular weight excluding hydrogens is 240 g/mol. The van der Waals surface area contributed by atoms with Crippen LogP contribution in [0.4, 0.5) is 0 Å². The van der Waals surface area contributed by atoms with Gasteiger partial charge in [0.15, 0.2) is 0 Å². The Bertz CT molecular complexity index is 537. The molecule has 0 saturated heterocycles. The predicted octanol–water partition coefficient (Wildman–Crippen LogP) is 4.08. The maximum atomic E-state index is 5.94. The van der Waals surface area contributed by atoms with E-state index in [1.54, 1.807) is 11.3 Å². The first-order valence-corrected chi connectivity index (χ1v) is 7.28. The lowest BCUT2D eigenvalue weighted by atomic mass is 9.85. The first-order chi connectivity index (χ1) is 8.40. The van der Waals surface area contributed by atoms with Gasteiger partial charge in [0.2, 0.25) is 0 Å². The largest absolute Gasteiger partial charge is 0.330 e. The molecule has 98 valence electrons. The number of hydrogen-bond donors (Lipinski definition) is 1. The summed E-state index contributed by atoms with van der Waals surface area (Å²) in [5.74, 6) is 0.377. The van der Waals surface area contributed by atoms with Crippen LogP contribution < -0.4 is 5.73 Å². The molecule has 0 aliphatic carbocycles. The van der Waals surface area contributed by atoms with Crippen molar-refractivity contribution in [2.45, 2.75) is 40.0 Å². The molecule has 18 heavy (non-hydrogen) atoms. The molecule has 0 bridgehead atoms. The summed E-state index contributed by atoms with van der Waals surface area (Å²) in [5, 5.41) is 1.19. The number of nitrogens with two attached hydrogens (primary N) is 1. The molecule has 0 spiro atoms. The van der Waals surface area contributed by atoms with Gasteiger partial charge in [0.25, 0.3) is 0 Å². The summed E-state index contributed by atoms with van der Waals surface area (Å²) >= 11 is 1.79. The highest BCUT2D eigenvalue weighted by Gasteiger charge is 2.22. The van der Waals surface area contributed by atoms with Gasteiger partial charge in [-0.1, -0.05) is 32.9 Å². The van der Waals surface area contributed by atoms with Gasteiger partial charge in [0.05, 0.1) is 15.2 Å². The highest BCUT2D eigenvalue weighted by Crippen LogP contribution is 2.35. The normalized spacial score (nSPS) is 14.1. The Morgan fingerprint density at radius 3 is 2.61 bits per heavy atom. The first-order valence-electron chi connectivity index (χ1n) is 6.47. The fraction of sp³-hybridized carbons (Fsp3) is 0.533. The Hall–Kier alpha value is -0.930. The minimum atomic E-state index is 0.289. The minimum absolute atomic E-state index is 0.289. The molecule has 0 saturated carbocycles. The number of aryl methyl sites for hydroxylation is 1. The highest BCUT2D eigenvalue weighted by molar-refractivity contribution is 7.18. The van der Waals surface area contributed by atoms with Crippen LogP contribution in [-0.2, 0) is 0 Å². The van der Waals surface area contributed by atoms with Crippen LogP contribution >= 0.6 is 11.3 Å². The lowest BCUT2D eigenvalue weighted by Crippen LogP contribution is -2.19. The fourth-order valence-electron chi connectivity index (χ4n) is 2.29. The van der Waals surface area contributed by atoms with Crippen molar-refractivity contribution < 1.29 is 0 Å². The van der Waals surface area contributed by atoms with E-state index in [1.807, 2.05) is 0 Å². The Labute approximate surface area is 113 Å². The van der Waals surface area contributed by atoms with Gasteiger partial charge < -0.3 is 5.73 Å². The number of benzene rings is 1. The minimum Gasteiger partial charge on any atom is -0.330 e. The number of para-hydroxylation sites is 1. The van der Waals surface area contributed by atoms with Crippen molar-refractivity contribution in [3.63, 3.8) is 0 Å². The van der Waals surface area contributed by atoms with Crippen LogP contribution in [0.3, 0.4) is 0 Å². The van der Waals surface area contributed by atoms with Gasteiger partial charge in [0, 0.05) is 12.5 Å². The third kappa shape index (κ3) is 2.90. The third-order valence-corrected chi connectivity index (χ3v) is 4.31. The summed E-state index contributed by atoms with van der Waals surface area (Å²) in [6.07, 6.45) is 1.09. The molecule has 2 aromatic rings. The van der Waals surface area contributed by atoms with E-state index in [1.165, 1.54) is 15.3 Å². The molecule has 0 aliphatic rings. The standard InChI is InChI=1S/C15H22N2S/c1-10-6-5-7-12-13(10)17-14(18-12)11(9-16)8-15(2,3)4/h5-7,11H,8-9,16H2,1-4H3. The maximum Gasteiger partial charge on any atom is 0.0982 e. The van der Waals surface area contributed by atoms with Crippen molar-refractivity contribution in [2.24, 2.45) is 11.1 Å². The van der Waals surface area contributed by atoms with Crippen LogP contribution in [0.2, 0.25) is 0 Å². The number of thiazole rings is 1. The van der Waals surface area contributed by atoms with Crippen molar-refractivity contribution in [1.82, 2.24) is 4.98 Å². The Balaban J connectivity index is 2.37. The predicted molar refractivity (Wildman–Crippen MR) is 80.2 cm³/mol. The van der Waals surface area contributed by atoms with Crippen molar-refractivity contribution in [1.29, 1.82) is 0 Å². The molecule has 1 unspecified atom stereocenters.